The summed E-state index contributed by atoms with van der Waals surface area (Å²) in [4.78, 5) is 24.7. The van der Waals surface area contributed by atoms with Gasteiger partial charge in [-0.15, -0.1) is 0 Å². The van der Waals surface area contributed by atoms with E-state index in [9.17, 15) is 14.7 Å². The zero-order valence-electron chi connectivity index (χ0n) is 15.2. The number of ketones is 2. The van der Waals surface area contributed by atoms with Crippen LogP contribution >= 0.6 is 0 Å². The van der Waals surface area contributed by atoms with E-state index in [-0.39, 0.29) is 30.1 Å². The first-order valence-corrected chi connectivity index (χ1v) is 8.97. The third kappa shape index (κ3) is 3.04. The van der Waals surface area contributed by atoms with E-state index >= 15 is 0 Å². The van der Waals surface area contributed by atoms with Gasteiger partial charge in [-0.2, -0.15) is 0 Å². The highest BCUT2D eigenvalue weighted by Crippen LogP contribution is 2.42. The number of Topliss-reactive ketones (excluding diaryl/α,β-unsaturated/α-hetero) is 1. The molecule has 2 atom stereocenters. The zero-order chi connectivity index (χ0) is 19.1. The van der Waals surface area contributed by atoms with Crippen LogP contribution in [0.1, 0.15) is 52.6 Å². The molecule has 4 rings (SSSR count). The number of fused-ring (bicyclic) bond motifs is 2. The predicted molar refractivity (Wildman–Crippen MR) is 99.8 cm³/mol. The SMILES string of the molecule is C[C@@H]1Cc2c(cc3c(c2OCc2ccccc2)C(=O)C(=O)C=C3O)[C@@H](C)O1. The van der Waals surface area contributed by atoms with Crippen molar-refractivity contribution in [2.75, 3.05) is 0 Å². The minimum atomic E-state index is -0.738. The molecule has 0 saturated heterocycles. The van der Waals surface area contributed by atoms with Crippen LogP contribution in [0.15, 0.2) is 42.5 Å². The second-order valence-corrected chi connectivity index (χ2v) is 6.99. The highest BCUT2D eigenvalue weighted by molar-refractivity contribution is 6.51. The molecule has 1 aliphatic carbocycles. The number of carbonyl (C=O) groups excluding carboxylic acids is 2. The van der Waals surface area contributed by atoms with E-state index in [0.29, 0.717) is 17.7 Å². The van der Waals surface area contributed by atoms with Crippen molar-refractivity contribution in [1.82, 2.24) is 0 Å². The molecule has 5 heteroatoms. The van der Waals surface area contributed by atoms with Gasteiger partial charge in [-0.25, -0.2) is 0 Å². The Balaban J connectivity index is 1.87. The number of aliphatic hydroxyl groups is 1. The Hall–Kier alpha value is -2.92. The molecular formula is C22H20O5. The highest BCUT2D eigenvalue weighted by atomic mass is 16.5. The molecule has 2 aromatic carbocycles. The molecular weight excluding hydrogens is 344 g/mol. The Bertz CT molecular complexity index is 958. The molecule has 1 aliphatic heterocycles. The Labute approximate surface area is 157 Å². The lowest BCUT2D eigenvalue weighted by Gasteiger charge is -2.32. The van der Waals surface area contributed by atoms with Gasteiger partial charge in [0.15, 0.2) is 0 Å². The van der Waals surface area contributed by atoms with Crippen LogP contribution in [0.4, 0.5) is 0 Å². The molecule has 1 N–H and O–H groups in total. The average Bonchev–Trinajstić information content (AvgIpc) is 2.64. The number of hydrogen-bond acceptors (Lipinski definition) is 5. The number of allylic oxidation sites excluding steroid dienone is 1. The number of benzene rings is 2. The van der Waals surface area contributed by atoms with Gasteiger partial charge in [0, 0.05) is 23.6 Å². The summed E-state index contributed by atoms with van der Waals surface area (Å²) in [5.74, 6) is -1.22. The summed E-state index contributed by atoms with van der Waals surface area (Å²) in [7, 11) is 0. The quantitative estimate of drug-likeness (QED) is 0.835. The normalized spacial score (nSPS) is 21.3. The molecule has 0 aromatic heterocycles. The molecule has 0 fully saturated rings. The summed E-state index contributed by atoms with van der Waals surface area (Å²) >= 11 is 0. The molecule has 2 aliphatic rings. The lowest BCUT2D eigenvalue weighted by Crippen LogP contribution is -2.27. The number of carbonyl (C=O) groups is 2. The predicted octanol–water partition coefficient (Wildman–Crippen LogP) is 3.95. The van der Waals surface area contributed by atoms with Crippen molar-refractivity contribution >= 4 is 17.3 Å². The molecule has 0 radical (unpaired) electrons. The van der Waals surface area contributed by atoms with Crippen LogP contribution in [0.25, 0.3) is 5.76 Å². The molecule has 1 heterocycles. The van der Waals surface area contributed by atoms with E-state index in [1.54, 1.807) is 6.07 Å². The molecule has 0 bridgehead atoms. The van der Waals surface area contributed by atoms with Gasteiger partial charge in [-0.1, -0.05) is 30.3 Å². The molecule has 0 amide bonds. The average molecular weight is 364 g/mol. The maximum Gasteiger partial charge on any atom is 0.237 e. The summed E-state index contributed by atoms with van der Waals surface area (Å²) in [5.41, 5.74) is 3.16. The lowest BCUT2D eigenvalue weighted by molar-refractivity contribution is -0.111. The minimum absolute atomic E-state index is 0.0387. The Morgan fingerprint density at radius 1 is 1.19 bits per heavy atom. The standard InChI is InChI=1S/C22H20O5/c1-12-8-16-15(13(2)27-12)9-17-18(23)10-19(24)21(25)20(17)22(16)26-11-14-6-4-3-5-7-14/h3-7,9-10,12-13,23H,8,11H2,1-2H3/t12-,13-/m1/s1. The Kier molecular flexibility index (Phi) is 4.32. The first-order valence-electron chi connectivity index (χ1n) is 8.97. The Morgan fingerprint density at radius 3 is 2.67 bits per heavy atom. The van der Waals surface area contributed by atoms with Crippen LogP contribution < -0.4 is 4.74 Å². The van der Waals surface area contributed by atoms with Crippen LogP contribution in [0, 0.1) is 0 Å². The first kappa shape index (κ1) is 17.5. The fourth-order valence-electron chi connectivity index (χ4n) is 3.76. The van der Waals surface area contributed by atoms with Crippen LogP contribution in [0.2, 0.25) is 0 Å². The molecule has 27 heavy (non-hydrogen) atoms. The molecule has 0 spiro atoms. The van der Waals surface area contributed by atoms with Crippen molar-refractivity contribution in [3.05, 3.63) is 70.3 Å². The van der Waals surface area contributed by atoms with Crippen molar-refractivity contribution in [3.8, 4) is 5.75 Å². The third-order valence-corrected chi connectivity index (χ3v) is 5.01. The van der Waals surface area contributed by atoms with Gasteiger partial charge in [0.05, 0.1) is 17.8 Å². The molecule has 138 valence electrons. The van der Waals surface area contributed by atoms with E-state index < -0.39 is 11.6 Å². The van der Waals surface area contributed by atoms with E-state index in [0.717, 1.165) is 22.8 Å². The minimum Gasteiger partial charge on any atom is -0.507 e. The fourth-order valence-corrected chi connectivity index (χ4v) is 3.76. The van der Waals surface area contributed by atoms with E-state index in [1.807, 2.05) is 44.2 Å². The maximum atomic E-state index is 12.6. The topological polar surface area (TPSA) is 72.8 Å². The van der Waals surface area contributed by atoms with Gasteiger partial charge >= 0.3 is 0 Å². The summed E-state index contributed by atoms with van der Waals surface area (Å²) in [6, 6.07) is 11.3. The van der Waals surface area contributed by atoms with Crippen molar-refractivity contribution in [2.24, 2.45) is 0 Å². The number of ether oxygens (including phenoxy) is 2. The number of hydrogen-bond donors (Lipinski definition) is 1. The molecule has 0 unspecified atom stereocenters. The van der Waals surface area contributed by atoms with Crippen LogP contribution in [-0.4, -0.2) is 22.8 Å². The van der Waals surface area contributed by atoms with Crippen molar-refractivity contribution in [1.29, 1.82) is 0 Å². The van der Waals surface area contributed by atoms with Gasteiger partial charge < -0.3 is 14.6 Å². The summed E-state index contributed by atoms with van der Waals surface area (Å²) in [6.07, 6.45) is 1.30. The van der Waals surface area contributed by atoms with Gasteiger partial charge in [0.25, 0.3) is 0 Å². The maximum absolute atomic E-state index is 12.6. The van der Waals surface area contributed by atoms with Crippen LogP contribution in [0.3, 0.4) is 0 Å². The number of aliphatic hydroxyl groups excluding tert-OH is 1. The second-order valence-electron chi connectivity index (χ2n) is 6.99. The van der Waals surface area contributed by atoms with Gasteiger partial charge in [0.2, 0.25) is 11.6 Å². The smallest absolute Gasteiger partial charge is 0.237 e. The molecule has 0 saturated carbocycles. The third-order valence-electron chi connectivity index (χ3n) is 5.01. The summed E-state index contributed by atoms with van der Waals surface area (Å²) < 4.78 is 12.0. The molecule has 5 nitrogen and oxygen atoms in total. The molecule has 2 aromatic rings. The van der Waals surface area contributed by atoms with Crippen molar-refractivity contribution in [3.63, 3.8) is 0 Å². The van der Waals surface area contributed by atoms with Gasteiger partial charge in [-0.3, -0.25) is 9.59 Å². The largest absolute Gasteiger partial charge is 0.507 e. The Morgan fingerprint density at radius 2 is 1.93 bits per heavy atom. The zero-order valence-corrected chi connectivity index (χ0v) is 15.2. The first-order chi connectivity index (χ1) is 13.0. The van der Waals surface area contributed by atoms with Gasteiger partial charge in [0.1, 0.15) is 18.1 Å². The van der Waals surface area contributed by atoms with Crippen molar-refractivity contribution in [2.45, 2.75) is 39.1 Å². The van der Waals surface area contributed by atoms with E-state index in [1.165, 1.54) is 0 Å². The highest BCUT2D eigenvalue weighted by Gasteiger charge is 2.35. The van der Waals surface area contributed by atoms with Crippen LogP contribution in [-0.2, 0) is 22.6 Å². The van der Waals surface area contributed by atoms with E-state index in [2.05, 4.69) is 0 Å². The van der Waals surface area contributed by atoms with E-state index in [4.69, 9.17) is 9.47 Å². The van der Waals surface area contributed by atoms with Crippen molar-refractivity contribution < 1.29 is 24.2 Å². The monoisotopic (exact) mass is 364 g/mol. The lowest BCUT2D eigenvalue weighted by atomic mass is 9.84. The second kappa shape index (κ2) is 6.67. The van der Waals surface area contributed by atoms with Gasteiger partial charge in [-0.05, 0) is 31.0 Å². The van der Waals surface area contributed by atoms with Crippen LogP contribution in [0.5, 0.6) is 5.75 Å². The fraction of sp³-hybridized carbons (Fsp3) is 0.273. The number of rotatable bonds is 3. The summed E-state index contributed by atoms with van der Waals surface area (Å²) in [5, 5.41) is 10.3. The summed E-state index contributed by atoms with van der Waals surface area (Å²) in [6.45, 7) is 4.15.